The number of rotatable bonds is 4. The largest absolute Gasteiger partial charge is 0.422 e. The highest BCUT2D eigenvalue weighted by molar-refractivity contribution is 7.80. The van der Waals surface area contributed by atoms with E-state index in [1.54, 1.807) is 36.4 Å². The molecule has 0 atom stereocenters. The van der Waals surface area contributed by atoms with Crippen molar-refractivity contribution in [2.75, 3.05) is 5.32 Å². The van der Waals surface area contributed by atoms with Crippen molar-refractivity contribution < 1.29 is 9.21 Å². The van der Waals surface area contributed by atoms with Crippen LogP contribution in [0, 0.1) is 0 Å². The number of benzene rings is 3. The molecule has 7 heteroatoms. The van der Waals surface area contributed by atoms with Gasteiger partial charge >= 0.3 is 5.63 Å². The number of nitrogens with one attached hydrogen (secondary N) is 2. The lowest BCUT2D eigenvalue weighted by Crippen LogP contribution is -2.35. The molecule has 1 heterocycles. The first-order valence-corrected chi connectivity index (χ1v) is 10.3. The highest BCUT2D eigenvalue weighted by Crippen LogP contribution is 2.30. The number of halogens is 1. The van der Waals surface area contributed by atoms with E-state index in [1.165, 1.54) is 0 Å². The fourth-order valence-electron chi connectivity index (χ4n) is 3.18. The highest BCUT2D eigenvalue weighted by atomic mass is 35.5. The van der Waals surface area contributed by atoms with Gasteiger partial charge in [0.25, 0.3) is 0 Å². The Morgan fingerprint density at radius 3 is 2.45 bits per heavy atom. The maximum atomic E-state index is 12.4. The number of hydrogen-bond donors (Lipinski definition) is 2. The highest BCUT2D eigenvalue weighted by Gasteiger charge is 2.13. The molecule has 4 aromatic rings. The smallest absolute Gasteiger partial charge is 0.344 e. The maximum absolute atomic E-state index is 12.4. The predicted octanol–water partition coefficient (Wildman–Crippen LogP) is 5.17. The van der Waals surface area contributed by atoms with Gasteiger partial charge in [0.1, 0.15) is 5.58 Å². The quantitative estimate of drug-likeness (QED) is 0.333. The van der Waals surface area contributed by atoms with Gasteiger partial charge in [-0.1, -0.05) is 66.2 Å². The molecule has 1 aromatic heterocycles. The Hall–Kier alpha value is -3.48. The molecule has 3 aromatic carbocycles. The number of fused-ring (bicyclic) bond motifs is 1. The summed E-state index contributed by atoms with van der Waals surface area (Å²) < 4.78 is 5.39. The monoisotopic (exact) mass is 448 g/mol. The number of carbonyl (C=O) groups excluding carboxylic acids is 1. The number of thiocarbonyl (C=S) groups is 1. The van der Waals surface area contributed by atoms with Gasteiger partial charge in [0, 0.05) is 16.6 Å². The zero-order valence-electron chi connectivity index (χ0n) is 16.2. The van der Waals surface area contributed by atoms with Crippen LogP contribution in [0.25, 0.3) is 22.1 Å². The number of amides is 1. The lowest BCUT2D eigenvalue weighted by molar-refractivity contribution is -0.119. The van der Waals surface area contributed by atoms with Crippen molar-refractivity contribution in [3.05, 3.63) is 99.9 Å². The molecule has 0 saturated carbocycles. The summed E-state index contributed by atoms with van der Waals surface area (Å²) in [6.07, 6.45) is 0.222. The van der Waals surface area contributed by atoms with Crippen LogP contribution in [0.3, 0.4) is 0 Å². The van der Waals surface area contributed by atoms with Crippen LogP contribution < -0.4 is 16.3 Å². The summed E-state index contributed by atoms with van der Waals surface area (Å²) >= 11 is 11.7. The molecule has 0 spiro atoms. The Balaban J connectivity index is 1.48. The van der Waals surface area contributed by atoms with Crippen molar-refractivity contribution in [2.24, 2.45) is 0 Å². The van der Waals surface area contributed by atoms with Crippen molar-refractivity contribution in [1.29, 1.82) is 0 Å². The molecule has 0 aliphatic heterocycles. The first-order valence-electron chi connectivity index (χ1n) is 9.47. The second-order valence-electron chi connectivity index (χ2n) is 6.84. The lowest BCUT2D eigenvalue weighted by Gasteiger charge is -2.11. The van der Waals surface area contributed by atoms with Crippen LogP contribution in [0.1, 0.15) is 5.56 Å². The lowest BCUT2D eigenvalue weighted by atomic mass is 10.1. The number of anilines is 1. The number of hydrogen-bond acceptors (Lipinski definition) is 4. The van der Waals surface area contributed by atoms with Gasteiger partial charge in [-0.05, 0) is 42.0 Å². The minimum Gasteiger partial charge on any atom is -0.422 e. The van der Waals surface area contributed by atoms with Crippen LogP contribution in [-0.4, -0.2) is 11.0 Å². The Bertz CT molecular complexity index is 1340. The zero-order chi connectivity index (χ0) is 21.8. The van der Waals surface area contributed by atoms with Crippen LogP contribution in [0.5, 0.6) is 0 Å². The summed E-state index contributed by atoms with van der Waals surface area (Å²) in [5.74, 6) is -0.222. The summed E-state index contributed by atoms with van der Waals surface area (Å²) in [5, 5.41) is 6.90. The third-order valence-electron chi connectivity index (χ3n) is 4.62. The average molecular weight is 449 g/mol. The van der Waals surface area contributed by atoms with Gasteiger partial charge in [-0.15, -0.1) is 0 Å². The van der Waals surface area contributed by atoms with E-state index < -0.39 is 5.63 Å². The number of carbonyl (C=O) groups is 1. The topological polar surface area (TPSA) is 71.3 Å². The molecular formula is C24H17ClN2O3S. The van der Waals surface area contributed by atoms with Gasteiger partial charge in [-0.25, -0.2) is 4.79 Å². The van der Waals surface area contributed by atoms with Crippen molar-refractivity contribution in [3.63, 3.8) is 0 Å². The normalized spacial score (nSPS) is 10.6. The molecule has 0 aliphatic carbocycles. The standard InChI is InChI=1S/C24H17ClN2O3S/c25-20-14-17(26-24(31)27-22(28)12-15-6-2-1-3-7-15)10-11-18(20)19-13-16-8-4-5-9-21(16)30-23(19)29/h1-11,13-14H,12H2,(H2,26,27,28,31). The van der Waals surface area contributed by atoms with Gasteiger partial charge in [0.2, 0.25) is 5.91 Å². The molecule has 154 valence electrons. The van der Waals surface area contributed by atoms with E-state index in [1.807, 2.05) is 42.5 Å². The summed E-state index contributed by atoms with van der Waals surface area (Å²) in [4.78, 5) is 24.6. The number of para-hydroxylation sites is 1. The first kappa shape index (κ1) is 20.8. The predicted molar refractivity (Wildman–Crippen MR) is 127 cm³/mol. The minimum absolute atomic E-state index is 0.162. The molecule has 5 nitrogen and oxygen atoms in total. The van der Waals surface area contributed by atoms with Gasteiger partial charge in [0.05, 0.1) is 17.0 Å². The maximum Gasteiger partial charge on any atom is 0.344 e. The molecule has 0 saturated heterocycles. The van der Waals surface area contributed by atoms with E-state index in [0.717, 1.165) is 10.9 Å². The molecule has 0 unspecified atom stereocenters. The SMILES string of the molecule is O=C(Cc1ccccc1)NC(=S)Nc1ccc(-c2cc3ccccc3oc2=O)c(Cl)c1. The molecular weight excluding hydrogens is 432 g/mol. The fourth-order valence-corrected chi connectivity index (χ4v) is 3.69. The summed E-state index contributed by atoms with van der Waals surface area (Å²) in [5.41, 5.74) is 2.44. The van der Waals surface area contributed by atoms with E-state index in [2.05, 4.69) is 10.6 Å². The Labute approximate surface area is 188 Å². The second-order valence-corrected chi connectivity index (χ2v) is 7.66. The van der Waals surface area contributed by atoms with Crippen LogP contribution in [0.4, 0.5) is 5.69 Å². The van der Waals surface area contributed by atoms with Gasteiger partial charge in [-0.3, -0.25) is 4.79 Å². The molecule has 0 radical (unpaired) electrons. The van der Waals surface area contributed by atoms with Gasteiger partial charge in [0.15, 0.2) is 5.11 Å². The van der Waals surface area contributed by atoms with Crippen LogP contribution in [0.15, 0.2) is 88.1 Å². The molecule has 0 aliphatic rings. The van der Waals surface area contributed by atoms with E-state index in [4.69, 9.17) is 28.2 Å². The third kappa shape index (κ3) is 4.99. The molecule has 0 bridgehead atoms. The molecule has 31 heavy (non-hydrogen) atoms. The zero-order valence-corrected chi connectivity index (χ0v) is 17.8. The molecule has 4 rings (SSSR count). The van der Waals surface area contributed by atoms with E-state index in [0.29, 0.717) is 27.4 Å². The van der Waals surface area contributed by atoms with Crippen molar-refractivity contribution in [3.8, 4) is 11.1 Å². The first-order chi connectivity index (χ1) is 15.0. The van der Waals surface area contributed by atoms with E-state index in [-0.39, 0.29) is 17.4 Å². The Kier molecular flexibility index (Phi) is 6.11. The second kappa shape index (κ2) is 9.12. The fraction of sp³-hybridized carbons (Fsp3) is 0.0417. The van der Waals surface area contributed by atoms with Crippen LogP contribution >= 0.6 is 23.8 Å². The summed E-state index contributed by atoms with van der Waals surface area (Å²) in [6.45, 7) is 0. The van der Waals surface area contributed by atoms with Gasteiger partial charge < -0.3 is 15.1 Å². The van der Waals surface area contributed by atoms with E-state index >= 15 is 0 Å². The molecule has 0 fully saturated rings. The average Bonchev–Trinajstić information content (AvgIpc) is 2.74. The van der Waals surface area contributed by atoms with Crippen molar-refractivity contribution in [2.45, 2.75) is 6.42 Å². The van der Waals surface area contributed by atoms with Crippen molar-refractivity contribution >= 4 is 51.5 Å². The van der Waals surface area contributed by atoms with Crippen molar-refractivity contribution in [1.82, 2.24) is 5.32 Å². The summed E-state index contributed by atoms with van der Waals surface area (Å²) in [6, 6.07) is 23.5. The minimum atomic E-state index is -0.468. The molecule has 2 N–H and O–H groups in total. The van der Waals surface area contributed by atoms with Gasteiger partial charge in [-0.2, -0.15) is 0 Å². The van der Waals surface area contributed by atoms with Crippen LogP contribution in [0.2, 0.25) is 5.02 Å². The van der Waals surface area contributed by atoms with E-state index in [9.17, 15) is 9.59 Å². The van der Waals surface area contributed by atoms with Crippen LogP contribution in [-0.2, 0) is 11.2 Å². The summed E-state index contributed by atoms with van der Waals surface area (Å²) in [7, 11) is 0. The third-order valence-corrected chi connectivity index (χ3v) is 5.14. The molecule has 1 amide bonds. The Morgan fingerprint density at radius 2 is 1.68 bits per heavy atom. The Morgan fingerprint density at radius 1 is 0.935 bits per heavy atom.